The number of ether oxygens (including phenoxy) is 1. The first kappa shape index (κ1) is 11.6. The van der Waals surface area contributed by atoms with Crippen LogP contribution in [0.5, 0.6) is 5.75 Å². The first-order valence-corrected chi connectivity index (χ1v) is 5.15. The second-order valence-electron chi connectivity index (χ2n) is 3.06. The molecule has 0 fully saturated rings. The first-order chi connectivity index (χ1) is 6.63. The zero-order valence-corrected chi connectivity index (χ0v) is 9.69. The molecule has 0 bridgehead atoms. The van der Waals surface area contributed by atoms with Crippen molar-refractivity contribution in [3.8, 4) is 5.75 Å². The van der Waals surface area contributed by atoms with Crippen LogP contribution in [0.4, 0.5) is 0 Å². The van der Waals surface area contributed by atoms with E-state index in [0.29, 0.717) is 10.0 Å². The Kier molecular flexibility index (Phi) is 4.52. The highest BCUT2D eigenvalue weighted by molar-refractivity contribution is 6.42. The Morgan fingerprint density at radius 1 is 1.36 bits per heavy atom. The molecule has 0 amide bonds. The summed E-state index contributed by atoms with van der Waals surface area (Å²) < 4.78 is 5.58. The van der Waals surface area contributed by atoms with Gasteiger partial charge in [-0.2, -0.15) is 0 Å². The SMILES string of the molecule is CNC[C@@H](C)Oc1ccc(Cl)c(Cl)c1. The minimum atomic E-state index is 0.109. The maximum atomic E-state index is 5.85. The standard InChI is InChI=1S/C10H13Cl2NO/c1-7(6-13-2)14-8-3-4-9(11)10(12)5-8/h3-5,7,13H,6H2,1-2H3/t7-/m1/s1. The molecular weight excluding hydrogens is 221 g/mol. The summed E-state index contributed by atoms with van der Waals surface area (Å²) in [5.41, 5.74) is 0. The van der Waals surface area contributed by atoms with Crippen LogP contribution in [-0.2, 0) is 0 Å². The van der Waals surface area contributed by atoms with Gasteiger partial charge in [-0.25, -0.2) is 0 Å². The summed E-state index contributed by atoms with van der Waals surface area (Å²) in [7, 11) is 1.88. The molecule has 1 aromatic rings. The van der Waals surface area contributed by atoms with E-state index in [9.17, 15) is 0 Å². The predicted molar refractivity (Wildman–Crippen MR) is 60.5 cm³/mol. The second kappa shape index (κ2) is 5.44. The lowest BCUT2D eigenvalue weighted by molar-refractivity contribution is 0.220. The number of hydrogen-bond donors (Lipinski definition) is 1. The molecule has 0 saturated carbocycles. The van der Waals surface area contributed by atoms with Gasteiger partial charge in [-0.15, -0.1) is 0 Å². The van der Waals surface area contributed by atoms with Gasteiger partial charge in [-0.1, -0.05) is 23.2 Å². The predicted octanol–water partition coefficient (Wildman–Crippen LogP) is 2.98. The summed E-state index contributed by atoms with van der Waals surface area (Å²) in [6.45, 7) is 2.78. The summed E-state index contributed by atoms with van der Waals surface area (Å²) in [5.74, 6) is 0.738. The van der Waals surface area contributed by atoms with Crippen molar-refractivity contribution >= 4 is 23.2 Å². The average molecular weight is 234 g/mol. The molecular formula is C10H13Cl2NO. The Hall–Kier alpha value is -0.440. The van der Waals surface area contributed by atoms with Crippen molar-refractivity contribution in [3.05, 3.63) is 28.2 Å². The van der Waals surface area contributed by atoms with Gasteiger partial charge in [0.05, 0.1) is 10.0 Å². The van der Waals surface area contributed by atoms with Crippen molar-refractivity contribution in [2.75, 3.05) is 13.6 Å². The van der Waals surface area contributed by atoms with Gasteiger partial charge in [-0.05, 0) is 26.1 Å². The van der Waals surface area contributed by atoms with E-state index in [1.54, 1.807) is 18.2 Å². The molecule has 0 aromatic heterocycles. The summed E-state index contributed by atoms with van der Waals surface area (Å²) in [5, 5.41) is 4.09. The lowest BCUT2D eigenvalue weighted by atomic mass is 10.3. The van der Waals surface area contributed by atoms with Gasteiger partial charge in [0.1, 0.15) is 11.9 Å². The topological polar surface area (TPSA) is 21.3 Å². The summed E-state index contributed by atoms with van der Waals surface area (Å²) in [6.07, 6.45) is 0.109. The van der Waals surface area contributed by atoms with Gasteiger partial charge in [0.2, 0.25) is 0 Å². The van der Waals surface area contributed by atoms with E-state index in [4.69, 9.17) is 27.9 Å². The van der Waals surface area contributed by atoms with E-state index in [1.807, 2.05) is 14.0 Å². The van der Waals surface area contributed by atoms with Crippen molar-refractivity contribution < 1.29 is 4.74 Å². The summed E-state index contributed by atoms with van der Waals surface area (Å²) >= 11 is 11.6. The van der Waals surface area contributed by atoms with Crippen LogP contribution in [0.1, 0.15) is 6.92 Å². The van der Waals surface area contributed by atoms with E-state index in [2.05, 4.69) is 5.32 Å². The fraction of sp³-hybridized carbons (Fsp3) is 0.400. The maximum absolute atomic E-state index is 5.85. The van der Waals surface area contributed by atoms with Crippen LogP contribution in [-0.4, -0.2) is 19.7 Å². The van der Waals surface area contributed by atoms with Crippen LogP contribution >= 0.6 is 23.2 Å². The van der Waals surface area contributed by atoms with Gasteiger partial charge in [0, 0.05) is 12.6 Å². The fourth-order valence-electron chi connectivity index (χ4n) is 1.11. The highest BCUT2D eigenvalue weighted by atomic mass is 35.5. The molecule has 0 radical (unpaired) electrons. The van der Waals surface area contributed by atoms with Crippen molar-refractivity contribution in [1.82, 2.24) is 5.32 Å². The van der Waals surface area contributed by atoms with Crippen molar-refractivity contribution in [1.29, 1.82) is 0 Å². The first-order valence-electron chi connectivity index (χ1n) is 4.39. The molecule has 78 valence electrons. The van der Waals surface area contributed by atoms with Gasteiger partial charge in [-0.3, -0.25) is 0 Å². The molecule has 0 aliphatic carbocycles. The molecule has 0 aliphatic rings. The Morgan fingerprint density at radius 3 is 2.64 bits per heavy atom. The quantitative estimate of drug-likeness (QED) is 0.864. The highest BCUT2D eigenvalue weighted by Crippen LogP contribution is 2.26. The van der Waals surface area contributed by atoms with Gasteiger partial charge in [0.15, 0.2) is 0 Å². The van der Waals surface area contributed by atoms with Crippen molar-refractivity contribution in [3.63, 3.8) is 0 Å². The molecule has 0 unspecified atom stereocenters. The normalized spacial score (nSPS) is 12.6. The molecule has 4 heteroatoms. The minimum Gasteiger partial charge on any atom is -0.489 e. The van der Waals surface area contributed by atoms with Gasteiger partial charge >= 0.3 is 0 Å². The number of rotatable bonds is 4. The third kappa shape index (κ3) is 3.37. The molecule has 1 aromatic carbocycles. The summed E-state index contributed by atoms with van der Waals surface area (Å²) in [6, 6.07) is 5.25. The lowest BCUT2D eigenvalue weighted by Gasteiger charge is -2.14. The van der Waals surface area contributed by atoms with Crippen LogP contribution in [0.2, 0.25) is 10.0 Å². The Balaban J connectivity index is 2.63. The Bertz CT molecular complexity index is 304. The molecule has 2 nitrogen and oxygen atoms in total. The molecule has 14 heavy (non-hydrogen) atoms. The molecule has 1 N–H and O–H groups in total. The number of benzene rings is 1. The largest absolute Gasteiger partial charge is 0.489 e. The summed E-state index contributed by atoms with van der Waals surface area (Å²) in [4.78, 5) is 0. The second-order valence-corrected chi connectivity index (χ2v) is 3.88. The third-order valence-corrected chi connectivity index (χ3v) is 2.46. The lowest BCUT2D eigenvalue weighted by Crippen LogP contribution is -2.25. The number of nitrogens with one attached hydrogen (secondary N) is 1. The third-order valence-electron chi connectivity index (χ3n) is 1.72. The molecule has 0 saturated heterocycles. The number of hydrogen-bond acceptors (Lipinski definition) is 2. The molecule has 1 rings (SSSR count). The van der Waals surface area contributed by atoms with Crippen LogP contribution in [0.15, 0.2) is 18.2 Å². The zero-order chi connectivity index (χ0) is 10.6. The van der Waals surface area contributed by atoms with Gasteiger partial charge < -0.3 is 10.1 Å². The van der Waals surface area contributed by atoms with E-state index in [-0.39, 0.29) is 6.10 Å². The van der Waals surface area contributed by atoms with E-state index in [1.165, 1.54) is 0 Å². The van der Waals surface area contributed by atoms with Crippen molar-refractivity contribution in [2.24, 2.45) is 0 Å². The van der Waals surface area contributed by atoms with Crippen LogP contribution < -0.4 is 10.1 Å². The maximum Gasteiger partial charge on any atom is 0.121 e. The number of halogens is 2. The Morgan fingerprint density at radius 2 is 2.07 bits per heavy atom. The Labute approximate surface area is 94.2 Å². The molecule has 0 aliphatic heterocycles. The van der Waals surface area contributed by atoms with Crippen LogP contribution in [0, 0.1) is 0 Å². The van der Waals surface area contributed by atoms with Crippen LogP contribution in [0.25, 0.3) is 0 Å². The monoisotopic (exact) mass is 233 g/mol. The van der Waals surface area contributed by atoms with Crippen molar-refractivity contribution in [2.45, 2.75) is 13.0 Å². The van der Waals surface area contributed by atoms with Gasteiger partial charge in [0.25, 0.3) is 0 Å². The molecule has 0 heterocycles. The smallest absolute Gasteiger partial charge is 0.121 e. The highest BCUT2D eigenvalue weighted by Gasteiger charge is 2.04. The van der Waals surface area contributed by atoms with E-state index >= 15 is 0 Å². The van der Waals surface area contributed by atoms with E-state index < -0.39 is 0 Å². The minimum absolute atomic E-state index is 0.109. The zero-order valence-electron chi connectivity index (χ0n) is 8.18. The van der Waals surface area contributed by atoms with E-state index in [0.717, 1.165) is 12.3 Å². The fourth-order valence-corrected chi connectivity index (χ4v) is 1.40. The number of likely N-dealkylation sites (N-methyl/N-ethyl adjacent to an activating group) is 1. The molecule has 1 atom stereocenters. The van der Waals surface area contributed by atoms with Crippen LogP contribution in [0.3, 0.4) is 0 Å². The molecule has 0 spiro atoms. The average Bonchev–Trinajstić information content (AvgIpc) is 2.12.